The van der Waals surface area contributed by atoms with E-state index >= 15 is 0 Å². The highest BCUT2D eigenvalue weighted by molar-refractivity contribution is 6.41. The van der Waals surface area contributed by atoms with E-state index in [1.807, 2.05) is 6.92 Å². The quantitative estimate of drug-likeness (QED) is 0.889. The van der Waals surface area contributed by atoms with Crippen molar-refractivity contribution >= 4 is 29.1 Å². The predicted octanol–water partition coefficient (Wildman–Crippen LogP) is 3.12. The van der Waals surface area contributed by atoms with Crippen LogP contribution >= 0.6 is 23.2 Å². The molecule has 0 aliphatic carbocycles. The third kappa shape index (κ3) is 2.78. The number of amides is 1. The number of aryl methyl sites for hydroxylation is 1. The molecule has 2 aromatic rings. The third-order valence-corrected chi connectivity index (χ3v) is 4.32. The van der Waals surface area contributed by atoms with Crippen LogP contribution in [0.15, 0.2) is 6.07 Å². The molecule has 3 heterocycles. The zero-order valence-electron chi connectivity index (χ0n) is 11.5. The van der Waals surface area contributed by atoms with E-state index in [-0.39, 0.29) is 17.1 Å². The number of nitrogens with one attached hydrogen (secondary N) is 2. The lowest BCUT2D eigenvalue weighted by atomic mass is 10.0. The first kappa shape index (κ1) is 14.4. The highest BCUT2D eigenvalue weighted by Gasteiger charge is 2.32. The molecule has 1 atom stereocenters. The summed E-state index contributed by atoms with van der Waals surface area (Å²) in [5.74, 6) is 1.27. The summed E-state index contributed by atoms with van der Waals surface area (Å²) in [5, 5.41) is 7.65. The molecule has 6 nitrogen and oxygen atoms in total. The maximum Gasteiger partial charge on any atom is 0.270 e. The Labute approximate surface area is 131 Å². The summed E-state index contributed by atoms with van der Waals surface area (Å²) < 4.78 is 0. The lowest BCUT2D eigenvalue weighted by Gasteiger charge is -2.33. The number of rotatable bonds is 2. The summed E-state index contributed by atoms with van der Waals surface area (Å²) in [6.07, 6.45) is 2.87. The van der Waals surface area contributed by atoms with E-state index in [0.717, 1.165) is 25.1 Å². The average Bonchev–Trinajstić information content (AvgIpc) is 3.05. The van der Waals surface area contributed by atoms with Gasteiger partial charge in [-0.1, -0.05) is 23.2 Å². The van der Waals surface area contributed by atoms with Crippen LogP contribution in [0.3, 0.4) is 0 Å². The van der Waals surface area contributed by atoms with Crippen LogP contribution in [0.5, 0.6) is 0 Å². The van der Waals surface area contributed by atoms with Crippen LogP contribution in [0.2, 0.25) is 10.2 Å². The van der Waals surface area contributed by atoms with Gasteiger partial charge in [-0.3, -0.25) is 9.89 Å². The van der Waals surface area contributed by atoms with Crippen molar-refractivity contribution < 1.29 is 4.79 Å². The molecule has 1 aliphatic rings. The molecule has 0 spiro atoms. The van der Waals surface area contributed by atoms with Gasteiger partial charge in [0.15, 0.2) is 5.82 Å². The number of nitrogens with zero attached hydrogens (tertiary/aromatic N) is 3. The van der Waals surface area contributed by atoms with Gasteiger partial charge in [-0.2, -0.15) is 5.10 Å². The summed E-state index contributed by atoms with van der Waals surface area (Å²) >= 11 is 11.8. The van der Waals surface area contributed by atoms with Crippen molar-refractivity contribution in [3.8, 4) is 0 Å². The lowest BCUT2D eigenvalue weighted by Crippen LogP contribution is -2.39. The number of H-pyrrole nitrogens is 2. The van der Waals surface area contributed by atoms with Crippen molar-refractivity contribution in [3.05, 3.63) is 33.6 Å². The number of carbonyl (C=O) groups excluding carboxylic acids is 1. The largest absolute Gasteiger partial charge is 0.340 e. The Balaban J connectivity index is 1.88. The highest BCUT2D eigenvalue weighted by Crippen LogP contribution is 2.31. The molecule has 112 valence electrons. The summed E-state index contributed by atoms with van der Waals surface area (Å²) in [7, 11) is 0. The molecule has 0 aromatic carbocycles. The molecule has 21 heavy (non-hydrogen) atoms. The Morgan fingerprint density at radius 2 is 2.24 bits per heavy atom. The van der Waals surface area contributed by atoms with Crippen LogP contribution in [0.4, 0.5) is 0 Å². The molecule has 0 bridgehead atoms. The van der Waals surface area contributed by atoms with Gasteiger partial charge in [-0.05, 0) is 32.3 Å². The first-order chi connectivity index (χ1) is 10.1. The first-order valence-corrected chi connectivity index (χ1v) is 7.55. The Morgan fingerprint density at radius 1 is 1.43 bits per heavy atom. The molecule has 2 N–H and O–H groups in total. The van der Waals surface area contributed by atoms with Crippen molar-refractivity contribution in [2.24, 2.45) is 0 Å². The van der Waals surface area contributed by atoms with Gasteiger partial charge in [-0.15, -0.1) is 0 Å². The van der Waals surface area contributed by atoms with E-state index in [4.69, 9.17) is 23.2 Å². The van der Waals surface area contributed by atoms with Crippen LogP contribution in [-0.2, 0) is 0 Å². The molecule has 1 aliphatic heterocycles. The van der Waals surface area contributed by atoms with Gasteiger partial charge in [0.25, 0.3) is 5.91 Å². The minimum Gasteiger partial charge on any atom is -0.340 e. The van der Waals surface area contributed by atoms with E-state index in [1.165, 1.54) is 0 Å². The van der Waals surface area contributed by atoms with Crippen molar-refractivity contribution in [1.29, 1.82) is 0 Å². The van der Waals surface area contributed by atoms with E-state index in [0.29, 0.717) is 23.1 Å². The zero-order valence-corrected chi connectivity index (χ0v) is 13.0. The molecule has 1 unspecified atom stereocenters. The van der Waals surface area contributed by atoms with Crippen LogP contribution in [0, 0.1) is 6.92 Å². The Morgan fingerprint density at radius 3 is 2.86 bits per heavy atom. The van der Waals surface area contributed by atoms with Crippen LogP contribution < -0.4 is 0 Å². The molecular weight excluding hydrogens is 313 g/mol. The Bertz CT molecular complexity index is 646. The summed E-state index contributed by atoms with van der Waals surface area (Å²) in [4.78, 5) is 21.6. The summed E-state index contributed by atoms with van der Waals surface area (Å²) in [5.41, 5.74) is 0.393. The minimum absolute atomic E-state index is 0.114. The summed E-state index contributed by atoms with van der Waals surface area (Å²) in [6.45, 7) is 2.52. The van der Waals surface area contributed by atoms with Crippen molar-refractivity contribution in [2.45, 2.75) is 32.2 Å². The summed E-state index contributed by atoms with van der Waals surface area (Å²) in [6, 6.07) is 1.44. The number of hydrogen-bond acceptors (Lipinski definition) is 3. The Kier molecular flexibility index (Phi) is 3.91. The molecule has 2 aromatic heterocycles. The molecule has 0 radical (unpaired) electrons. The first-order valence-electron chi connectivity index (χ1n) is 6.80. The zero-order chi connectivity index (χ0) is 15.0. The van der Waals surface area contributed by atoms with Gasteiger partial charge in [0.1, 0.15) is 16.7 Å². The number of halogens is 2. The second-order valence-electron chi connectivity index (χ2n) is 5.13. The SMILES string of the molecule is Cc1nc(C2CCCCN2C(=O)c2cc(Cl)c(Cl)[nH]2)n[nH]1. The van der Waals surface area contributed by atoms with Crippen molar-refractivity contribution in [3.63, 3.8) is 0 Å². The standard InChI is InChI=1S/C13H15Cl2N5O/c1-7-16-12(19-18-7)10-4-2-3-5-20(10)13(21)9-6-8(14)11(15)17-9/h6,10,17H,2-5H2,1H3,(H,16,18,19). The van der Waals surface area contributed by atoms with Crippen molar-refractivity contribution in [2.75, 3.05) is 6.54 Å². The monoisotopic (exact) mass is 327 g/mol. The second kappa shape index (κ2) is 5.69. The molecule has 1 saturated heterocycles. The number of carbonyl (C=O) groups is 1. The maximum absolute atomic E-state index is 12.7. The fourth-order valence-corrected chi connectivity index (χ4v) is 2.94. The fourth-order valence-electron chi connectivity index (χ4n) is 2.63. The molecule has 1 fully saturated rings. The number of hydrogen-bond donors (Lipinski definition) is 2. The minimum atomic E-state index is -0.129. The average molecular weight is 328 g/mol. The number of aromatic nitrogens is 4. The highest BCUT2D eigenvalue weighted by atomic mass is 35.5. The smallest absolute Gasteiger partial charge is 0.270 e. The van der Waals surface area contributed by atoms with Gasteiger partial charge in [0.05, 0.1) is 11.1 Å². The van der Waals surface area contributed by atoms with Gasteiger partial charge in [0, 0.05) is 6.54 Å². The van der Waals surface area contributed by atoms with E-state index in [9.17, 15) is 4.79 Å². The number of piperidine rings is 1. The third-order valence-electron chi connectivity index (χ3n) is 3.63. The van der Waals surface area contributed by atoms with Crippen molar-refractivity contribution in [1.82, 2.24) is 25.1 Å². The number of aromatic amines is 2. The van der Waals surface area contributed by atoms with Gasteiger partial charge >= 0.3 is 0 Å². The van der Waals surface area contributed by atoms with Crippen LogP contribution in [-0.4, -0.2) is 37.5 Å². The van der Waals surface area contributed by atoms with Gasteiger partial charge in [0.2, 0.25) is 0 Å². The molecular formula is C13H15Cl2N5O. The van der Waals surface area contributed by atoms with Crippen LogP contribution in [0.25, 0.3) is 0 Å². The second-order valence-corrected chi connectivity index (χ2v) is 5.92. The molecule has 1 amide bonds. The lowest BCUT2D eigenvalue weighted by molar-refractivity contribution is 0.0595. The topological polar surface area (TPSA) is 77.7 Å². The Hall–Kier alpha value is -1.53. The van der Waals surface area contributed by atoms with E-state index in [2.05, 4.69) is 20.2 Å². The number of likely N-dealkylation sites (tertiary alicyclic amines) is 1. The van der Waals surface area contributed by atoms with Gasteiger partial charge in [-0.25, -0.2) is 4.98 Å². The van der Waals surface area contributed by atoms with E-state index in [1.54, 1.807) is 11.0 Å². The van der Waals surface area contributed by atoms with E-state index < -0.39 is 0 Å². The molecule has 3 rings (SSSR count). The fraction of sp³-hybridized carbons (Fsp3) is 0.462. The normalized spacial score (nSPS) is 19.0. The molecule has 0 saturated carbocycles. The predicted molar refractivity (Wildman–Crippen MR) is 79.6 cm³/mol. The van der Waals surface area contributed by atoms with Gasteiger partial charge < -0.3 is 9.88 Å². The van der Waals surface area contributed by atoms with Crippen LogP contribution in [0.1, 0.15) is 47.4 Å². The maximum atomic E-state index is 12.7. The molecule has 8 heteroatoms.